The minimum absolute atomic E-state index is 0.0435. The van der Waals surface area contributed by atoms with E-state index in [0.717, 1.165) is 0 Å². The van der Waals surface area contributed by atoms with Crippen molar-refractivity contribution >= 4 is 29.3 Å². The first-order valence-electron chi connectivity index (χ1n) is 5.11. The van der Waals surface area contributed by atoms with Gasteiger partial charge in [-0.3, -0.25) is 4.79 Å². The van der Waals surface area contributed by atoms with E-state index >= 15 is 0 Å². The molecule has 1 atom stereocenters. The molecule has 0 radical (unpaired) electrons. The molecule has 98 valence electrons. The number of carboxylic acid groups (broad SMARTS) is 1. The summed E-state index contributed by atoms with van der Waals surface area (Å²) in [7, 11) is 0. The van der Waals surface area contributed by atoms with E-state index in [1.54, 1.807) is 20.8 Å². The number of nitrogens with one attached hydrogen (secondary N) is 2. The van der Waals surface area contributed by atoms with E-state index in [4.69, 9.17) is 22.1 Å². The van der Waals surface area contributed by atoms with Crippen LogP contribution in [-0.2, 0) is 9.53 Å². The lowest BCUT2D eigenvalue weighted by Gasteiger charge is -2.20. The Hall–Kier alpha value is -1.37. The molecule has 3 N–H and O–H groups in total. The van der Waals surface area contributed by atoms with E-state index in [0.29, 0.717) is 0 Å². The van der Waals surface area contributed by atoms with Crippen LogP contribution in [0, 0.1) is 0 Å². The zero-order chi connectivity index (χ0) is 13.6. The number of amides is 1. The van der Waals surface area contributed by atoms with E-state index in [-0.39, 0.29) is 11.5 Å². The summed E-state index contributed by atoms with van der Waals surface area (Å²) in [6.45, 7) is 6.74. The SMILES string of the molecule is CC(NC(=S)CNC(=O)OC(C)(C)C)C(=O)O. The van der Waals surface area contributed by atoms with Gasteiger partial charge in [-0.05, 0) is 27.7 Å². The van der Waals surface area contributed by atoms with Crippen LogP contribution in [-0.4, -0.2) is 40.3 Å². The summed E-state index contributed by atoms with van der Waals surface area (Å²) in [6, 6.07) is -0.789. The highest BCUT2D eigenvalue weighted by atomic mass is 32.1. The Morgan fingerprint density at radius 3 is 2.35 bits per heavy atom. The molecule has 0 aromatic heterocycles. The van der Waals surface area contributed by atoms with Gasteiger partial charge in [0, 0.05) is 0 Å². The summed E-state index contributed by atoms with van der Waals surface area (Å²) in [6.07, 6.45) is -0.593. The van der Waals surface area contributed by atoms with Crippen LogP contribution in [0.25, 0.3) is 0 Å². The van der Waals surface area contributed by atoms with Crippen molar-refractivity contribution in [2.24, 2.45) is 0 Å². The monoisotopic (exact) mass is 262 g/mol. The molecule has 0 rings (SSSR count). The standard InChI is InChI=1S/C10H18N2O4S/c1-6(8(13)14)12-7(17)5-11-9(15)16-10(2,3)4/h6H,5H2,1-4H3,(H,11,15)(H,12,17)(H,13,14). The Labute approximate surface area is 106 Å². The molecule has 0 aliphatic rings. The smallest absolute Gasteiger partial charge is 0.408 e. The molecule has 0 saturated heterocycles. The van der Waals surface area contributed by atoms with Gasteiger partial charge in [-0.25, -0.2) is 4.79 Å². The summed E-state index contributed by atoms with van der Waals surface area (Å²) in [5.74, 6) is -1.01. The van der Waals surface area contributed by atoms with Crippen LogP contribution in [0.3, 0.4) is 0 Å². The maximum atomic E-state index is 11.2. The maximum absolute atomic E-state index is 11.2. The predicted octanol–water partition coefficient (Wildman–Crippen LogP) is 0.901. The Balaban J connectivity index is 3.93. The lowest BCUT2D eigenvalue weighted by atomic mass is 10.2. The van der Waals surface area contributed by atoms with Crippen molar-refractivity contribution in [2.75, 3.05) is 6.54 Å². The molecule has 0 saturated carbocycles. The van der Waals surface area contributed by atoms with Gasteiger partial charge < -0.3 is 20.5 Å². The van der Waals surface area contributed by atoms with E-state index < -0.39 is 23.7 Å². The van der Waals surface area contributed by atoms with Crippen LogP contribution in [0.4, 0.5) is 4.79 Å². The van der Waals surface area contributed by atoms with Gasteiger partial charge in [0.2, 0.25) is 0 Å². The highest BCUT2D eigenvalue weighted by molar-refractivity contribution is 7.80. The van der Waals surface area contributed by atoms with E-state index in [1.807, 2.05) is 0 Å². The highest BCUT2D eigenvalue weighted by Gasteiger charge is 2.17. The number of aliphatic carboxylic acids is 1. The van der Waals surface area contributed by atoms with Crippen LogP contribution in [0.15, 0.2) is 0 Å². The lowest BCUT2D eigenvalue weighted by molar-refractivity contribution is -0.138. The van der Waals surface area contributed by atoms with E-state index in [9.17, 15) is 9.59 Å². The van der Waals surface area contributed by atoms with E-state index in [1.165, 1.54) is 6.92 Å². The Morgan fingerprint density at radius 2 is 1.94 bits per heavy atom. The fourth-order valence-electron chi connectivity index (χ4n) is 0.821. The third kappa shape index (κ3) is 8.44. The van der Waals surface area contributed by atoms with Crippen LogP contribution >= 0.6 is 12.2 Å². The van der Waals surface area contributed by atoms with Crippen molar-refractivity contribution in [2.45, 2.75) is 39.3 Å². The van der Waals surface area contributed by atoms with Gasteiger partial charge in [-0.2, -0.15) is 0 Å². The summed E-state index contributed by atoms with van der Waals surface area (Å²) in [5.41, 5.74) is -0.576. The largest absolute Gasteiger partial charge is 0.480 e. The first kappa shape index (κ1) is 15.6. The second kappa shape index (κ2) is 6.39. The summed E-state index contributed by atoms with van der Waals surface area (Å²) >= 11 is 4.86. The minimum Gasteiger partial charge on any atom is -0.480 e. The number of rotatable bonds is 4. The summed E-state index contributed by atoms with van der Waals surface area (Å²) in [5, 5.41) is 13.6. The minimum atomic E-state index is -1.01. The van der Waals surface area contributed by atoms with Crippen LogP contribution in [0.2, 0.25) is 0 Å². The molecule has 0 aliphatic carbocycles. The van der Waals surface area contributed by atoms with Gasteiger partial charge in [0.15, 0.2) is 0 Å². The molecule has 7 heteroatoms. The molecular weight excluding hydrogens is 244 g/mol. The average molecular weight is 262 g/mol. The fourth-order valence-corrected chi connectivity index (χ4v) is 1.07. The molecule has 0 fully saturated rings. The fraction of sp³-hybridized carbons (Fsp3) is 0.700. The zero-order valence-electron chi connectivity index (χ0n) is 10.4. The molecule has 1 amide bonds. The first-order valence-corrected chi connectivity index (χ1v) is 5.51. The second-order valence-corrected chi connectivity index (χ2v) is 4.98. The van der Waals surface area contributed by atoms with Gasteiger partial charge in [0.1, 0.15) is 11.6 Å². The van der Waals surface area contributed by atoms with Crippen LogP contribution in [0.5, 0.6) is 0 Å². The van der Waals surface area contributed by atoms with E-state index in [2.05, 4.69) is 10.6 Å². The first-order chi connectivity index (χ1) is 7.61. The molecule has 17 heavy (non-hydrogen) atoms. The van der Waals surface area contributed by atoms with Gasteiger partial charge in [0.25, 0.3) is 0 Å². The Morgan fingerprint density at radius 1 is 1.41 bits per heavy atom. The number of carboxylic acids is 1. The molecule has 1 unspecified atom stereocenters. The molecule has 0 bridgehead atoms. The molecule has 0 aliphatic heterocycles. The molecule has 6 nitrogen and oxygen atoms in total. The highest BCUT2D eigenvalue weighted by Crippen LogP contribution is 2.06. The normalized spacial score (nSPS) is 12.5. The number of ether oxygens (including phenoxy) is 1. The van der Waals surface area contributed by atoms with Crippen molar-refractivity contribution < 1.29 is 19.4 Å². The zero-order valence-corrected chi connectivity index (χ0v) is 11.2. The third-order valence-corrected chi connectivity index (χ3v) is 1.80. The predicted molar refractivity (Wildman–Crippen MR) is 67.1 cm³/mol. The maximum Gasteiger partial charge on any atom is 0.408 e. The van der Waals surface area contributed by atoms with Gasteiger partial charge in [0.05, 0.1) is 11.5 Å². The number of alkyl carbamates (subject to hydrolysis) is 1. The number of carbonyl (C=O) groups excluding carboxylic acids is 1. The van der Waals surface area contributed by atoms with Gasteiger partial charge in [-0.15, -0.1) is 0 Å². The van der Waals surface area contributed by atoms with Crippen molar-refractivity contribution in [3.63, 3.8) is 0 Å². The quantitative estimate of drug-likeness (QED) is 0.652. The third-order valence-electron chi connectivity index (χ3n) is 1.54. The van der Waals surface area contributed by atoms with Crippen molar-refractivity contribution in [1.29, 1.82) is 0 Å². The summed E-state index contributed by atoms with van der Waals surface area (Å²) in [4.78, 5) is 22.0. The Kier molecular flexibility index (Phi) is 5.87. The van der Waals surface area contributed by atoms with Gasteiger partial charge >= 0.3 is 12.1 Å². The number of carbonyl (C=O) groups is 2. The summed E-state index contributed by atoms with van der Waals surface area (Å²) < 4.78 is 4.99. The van der Waals surface area contributed by atoms with Crippen molar-refractivity contribution in [3.8, 4) is 0 Å². The van der Waals surface area contributed by atoms with Crippen LogP contribution < -0.4 is 10.6 Å². The van der Waals surface area contributed by atoms with Crippen LogP contribution in [0.1, 0.15) is 27.7 Å². The lowest BCUT2D eigenvalue weighted by Crippen LogP contribution is -2.44. The molecule has 0 aromatic carbocycles. The number of hydrogen-bond donors (Lipinski definition) is 3. The molecule has 0 aromatic rings. The second-order valence-electron chi connectivity index (χ2n) is 4.48. The number of hydrogen-bond acceptors (Lipinski definition) is 4. The molecular formula is C10H18N2O4S. The number of thiocarbonyl (C=S) groups is 1. The average Bonchev–Trinajstić information content (AvgIpc) is 2.11. The molecule has 0 heterocycles. The van der Waals surface area contributed by atoms with Crippen molar-refractivity contribution in [3.05, 3.63) is 0 Å². The van der Waals surface area contributed by atoms with Crippen molar-refractivity contribution in [1.82, 2.24) is 10.6 Å². The molecule has 0 spiro atoms. The topological polar surface area (TPSA) is 87.7 Å². The Bertz CT molecular complexity index is 312. The van der Waals surface area contributed by atoms with Gasteiger partial charge in [-0.1, -0.05) is 12.2 Å².